The van der Waals surface area contributed by atoms with Crippen LogP contribution in [0.5, 0.6) is 0 Å². The molecule has 0 unspecified atom stereocenters. The van der Waals surface area contributed by atoms with Crippen molar-refractivity contribution >= 4 is 40.4 Å². The van der Waals surface area contributed by atoms with Crippen molar-refractivity contribution in [2.75, 3.05) is 11.1 Å². The number of amides is 2. The van der Waals surface area contributed by atoms with E-state index >= 15 is 0 Å². The molecular weight excluding hydrogens is 535 g/mol. The number of aryl methyl sites for hydroxylation is 1. The van der Waals surface area contributed by atoms with E-state index in [1.165, 1.54) is 0 Å². The van der Waals surface area contributed by atoms with E-state index in [1.807, 2.05) is 23.8 Å². The van der Waals surface area contributed by atoms with Gasteiger partial charge >= 0.3 is 6.18 Å². The Morgan fingerprint density at radius 1 is 1.17 bits per heavy atom. The van der Waals surface area contributed by atoms with Crippen LogP contribution in [0.1, 0.15) is 54.1 Å². The van der Waals surface area contributed by atoms with Crippen LogP contribution in [0.15, 0.2) is 54.9 Å². The Bertz CT molecular complexity index is 1630. The number of nitrogens with one attached hydrogen (secondary N) is 2. The summed E-state index contributed by atoms with van der Waals surface area (Å²) in [5, 5.41) is 11.0. The van der Waals surface area contributed by atoms with Gasteiger partial charge in [0, 0.05) is 48.1 Å². The lowest BCUT2D eigenvalue weighted by Crippen LogP contribution is -2.33. The number of pyridine rings is 2. The highest BCUT2D eigenvalue weighted by atomic mass is 19.4. The van der Waals surface area contributed by atoms with Gasteiger partial charge in [-0.15, -0.1) is 0 Å². The minimum absolute atomic E-state index is 0.0211. The van der Waals surface area contributed by atoms with E-state index in [9.17, 15) is 22.8 Å². The Morgan fingerprint density at radius 3 is 2.71 bits per heavy atom. The molecule has 0 spiro atoms. The second-order valence-electron chi connectivity index (χ2n) is 9.90. The monoisotopic (exact) mass is 563 g/mol. The molecule has 1 aromatic carbocycles. The lowest BCUT2D eigenvalue weighted by Gasteiger charge is -2.14. The lowest BCUT2D eigenvalue weighted by atomic mass is 10.0. The number of aromatic nitrogens is 4. The van der Waals surface area contributed by atoms with Crippen LogP contribution in [-0.2, 0) is 17.5 Å². The molecule has 41 heavy (non-hydrogen) atoms. The molecule has 0 radical (unpaired) electrons. The maximum absolute atomic E-state index is 13.0. The second-order valence-corrected chi connectivity index (χ2v) is 9.90. The molecule has 4 heterocycles. The molecule has 1 aliphatic heterocycles. The zero-order chi connectivity index (χ0) is 29.1. The SMILES string of the molecule is C[C@@H]1CCn2nc(-c3ccc(C(=O)Nc4cc(C(F)(F)F)ccn4)cc3)c3c(N)ncc(c32)/C=C/CCCC(=O)N1. The quantitative estimate of drug-likeness (QED) is 0.305. The van der Waals surface area contributed by atoms with Crippen LogP contribution in [0.4, 0.5) is 24.8 Å². The van der Waals surface area contributed by atoms with E-state index in [0.717, 1.165) is 42.3 Å². The van der Waals surface area contributed by atoms with Gasteiger partial charge in [-0.3, -0.25) is 14.3 Å². The van der Waals surface area contributed by atoms with Gasteiger partial charge in [0.1, 0.15) is 17.3 Å². The van der Waals surface area contributed by atoms with E-state index in [2.05, 4.69) is 20.6 Å². The van der Waals surface area contributed by atoms with E-state index in [0.29, 0.717) is 41.8 Å². The van der Waals surface area contributed by atoms with Gasteiger partial charge in [-0.2, -0.15) is 18.3 Å². The summed E-state index contributed by atoms with van der Waals surface area (Å²) in [7, 11) is 0. The molecule has 0 saturated heterocycles. The normalized spacial score (nSPS) is 17.2. The number of nitrogens with two attached hydrogens (primary N) is 1. The maximum atomic E-state index is 13.0. The Hall–Kier alpha value is -4.74. The molecule has 0 saturated carbocycles. The van der Waals surface area contributed by atoms with Gasteiger partial charge in [0.2, 0.25) is 5.91 Å². The molecule has 1 aliphatic rings. The highest BCUT2D eigenvalue weighted by Gasteiger charge is 2.31. The number of anilines is 2. The number of halogens is 3. The summed E-state index contributed by atoms with van der Waals surface area (Å²) < 4.78 is 40.9. The second kappa shape index (κ2) is 11.4. The summed E-state index contributed by atoms with van der Waals surface area (Å²) in [6.07, 6.45) is 4.69. The highest BCUT2D eigenvalue weighted by molar-refractivity contribution is 6.06. The minimum atomic E-state index is -4.55. The first-order valence-electron chi connectivity index (χ1n) is 13.2. The average molecular weight is 564 g/mol. The minimum Gasteiger partial charge on any atom is -0.383 e. The van der Waals surface area contributed by atoms with E-state index in [4.69, 9.17) is 10.8 Å². The molecule has 9 nitrogen and oxygen atoms in total. The van der Waals surface area contributed by atoms with Crippen molar-refractivity contribution in [1.29, 1.82) is 0 Å². The molecule has 4 N–H and O–H groups in total. The first kappa shape index (κ1) is 27.8. The predicted molar refractivity (Wildman–Crippen MR) is 150 cm³/mol. The third-order valence-electron chi connectivity index (χ3n) is 6.83. The highest BCUT2D eigenvalue weighted by Crippen LogP contribution is 2.34. The zero-order valence-electron chi connectivity index (χ0n) is 22.2. The number of carbonyl (C=O) groups is 2. The van der Waals surface area contributed by atoms with Crippen molar-refractivity contribution in [3.05, 3.63) is 71.6 Å². The number of nitrogens with zero attached hydrogens (tertiary/aromatic N) is 4. The van der Waals surface area contributed by atoms with Crippen LogP contribution < -0.4 is 16.4 Å². The van der Waals surface area contributed by atoms with Gasteiger partial charge in [-0.25, -0.2) is 9.97 Å². The Balaban J connectivity index is 1.47. The summed E-state index contributed by atoms with van der Waals surface area (Å²) in [6, 6.07) is 8.07. The number of nitrogen functional groups attached to an aromatic ring is 1. The van der Waals surface area contributed by atoms with Crippen molar-refractivity contribution < 1.29 is 22.8 Å². The van der Waals surface area contributed by atoms with Crippen molar-refractivity contribution in [1.82, 2.24) is 25.1 Å². The van der Waals surface area contributed by atoms with Crippen LogP contribution in [0, 0.1) is 0 Å². The number of alkyl halides is 3. The molecule has 4 aromatic rings. The fourth-order valence-corrected chi connectivity index (χ4v) is 4.72. The van der Waals surface area contributed by atoms with E-state index in [-0.39, 0.29) is 23.3 Å². The lowest BCUT2D eigenvalue weighted by molar-refractivity contribution is -0.137. The Kier molecular flexibility index (Phi) is 7.73. The number of benzene rings is 1. The van der Waals surface area contributed by atoms with Gasteiger partial charge < -0.3 is 16.4 Å². The number of allylic oxidation sites excluding steroid dienone is 1. The van der Waals surface area contributed by atoms with Gasteiger partial charge in [0.25, 0.3) is 5.91 Å². The smallest absolute Gasteiger partial charge is 0.383 e. The van der Waals surface area contributed by atoms with Crippen molar-refractivity contribution in [2.45, 2.75) is 51.4 Å². The number of rotatable bonds is 3. The summed E-state index contributed by atoms with van der Waals surface area (Å²) in [4.78, 5) is 33.2. The maximum Gasteiger partial charge on any atom is 0.416 e. The van der Waals surface area contributed by atoms with E-state index < -0.39 is 17.6 Å². The molecule has 3 aromatic heterocycles. The van der Waals surface area contributed by atoms with Crippen molar-refractivity contribution in [2.24, 2.45) is 0 Å². The Labute approximate surface area is 233 Å². The summed E-state index contributed by atoms with van der Waals surface area (Å²) in [5.41, 5.74) is 8.60. The van der Waals surface area contributed by atoms with Crippen LogP contribution >= 0.6 is 0 Å². The molecular formula is C29H28F3N7O2. The molecule has 0 aliphatic carbocycles. The molecule has 12 heteroatoms. The van der Waals surface area contributed by atoms with Crippen LogP contribution in [0.2, 0.25) is 0 Å². The van der Waals surface area contributed by atoms with Crippen molar-refractivity contribution in [3.8, 4) is 11.3 Å². The molecule has 5 rings (SSSR count). The molecule has 0 bridgehead atoms. The molecule has 212 valence electrons. The number of hydrogen-bond donors (Lipinski definition) is 3. The van der Waals surface area contributed by atoms with Crippen molar-refractivity contribution in [3.63, 3.8) is 0 Å². The first-order valence-corrected chi connectivity index (χ1v) is 13.2. The molecule has 0 fully saturated rings. The third-order valence-corrected chi connectivity index (χ3v) is 6.83. The largest absolute Gasteiger partial charge is 0.416 e. The van der Waals surface area contributed by atoms with Crippen LogP contribution in [0.3, 0.4) is 0 Å². The fourth-order valence-electron chi connectivity index (χ4n) is 4.72. The topological polar surface area (TPSA) is 128 Å². The van der Waals surface area contributed by atoms with Gasteiger partial charge in [-0.05, 0) is 50.5 Å². The van der Waals surface area contributed by atoms with Crippen LogP contribution in [-0.4, -0.2) is 37.6 Å². The van der Waals surface area contributed by atoms with Gasteiger partial charge in [0.05, 0.1) is 16.5 Å². The predicted octanol–water partition coefficient (Wildman–Crippen LogP) is 5.44. The summed E-state index contributed by atoms with van der Waals surface area (Å²) in [6.45, 7) is 2.48. The summed E-state index contributed by atoms with van der Waals surface area (Å²) >= 11 is 0. The van der Waals surface area contributed by atoms with Gasteiger partial charge in [-0.1, -0.05) is 24.3 Å². The number of hydrogen-bond acceptors (Lipinski definition) is 6. The number of carbonyl (C=O) groups excluding carboxylic acids is 2. The summed E-state index contributed by atoms with van der Waals surface area (Å²) in [5.74, 6) is -0.484. The Morgan fingerprint density at radius 2 is 1.95 bits per heavy atom. The molecule has 1 atom stereocenters. The fraction of sp³-hybridized carbons (Fsp3) is 0.276. The van der Waals surface area contributed by atoms with Crippen LogP contribution in [0.25, 0.3) is 28.2 Å². The molecule has 2 amide bonds. The van der Waals surface area contributed by atoms with E-state index in [1.54, 1.807) is 30.5 Å². The van der Waals surface area contributed by atoms with Gasteiger partial charge in [0.15, 0.2) is 0 Å². The third kappa shape index (κ3) is 6.21. The standard InChI is InChI=1S/C29H28F3N7O2/c1-17-12-14-39-26-20(5-3-2-4-6-23(40)36-17)16-35-27(33)24(26)25(38-39)18-7-9-19(10-8-18)28(41)37-22-15-21(11-13-34-22)29(30,31)32/h3,5,7-11,13,15-17H,2,4,6,12,14H2,1H3,(H2,33,35)(H,36,40)(H,34,37,41)/b5-3+/t17-/m1/s1. The average Bonchev–Trinajstić information content (AvgIpc) is 3.33. The first-order chi connectivity index (χ1) is 19.6. The zero-order valence-corrected chi connectivity index (χ0v) is 22.2.